The Labute approximate surface area is 79.2 Å². The maximum atomic E-state index is 11.9. The molecule has 0 aliphatic rings. The summed E-state index contributed by atoms with van der Waals surface area (Å²) in [6, 6.07) is 0. The van der Waals surface area contributed by atoms with Gasteiger partial charge in [0.15, 0.2) is 0 Å². The van der Waals surface area contributed by atoms with Crippen molar-refractivity contribution in [2.75, 3.05) is 11.9 Å². The lowest BCUT2D eigenvalue weighted by Crippen LogP contribution is -2.05. The second-order valence-electron chi connectivity index (χ2n) is 2.17. The number of rotatable bonds is 2. The first-order valence-electron chi connectivity index (χ1n) is 3.40. The maximum absolute atomic E-state index is 11.9. The minimum Gasteiger partial charge on any atom is -0.356 e. The lowest BCUT2D eigenvalue weighted by atomic mass is 10.5. The highest BCUT2D eigenvalue weighted by Crippen LogP contribution is 2.27. The first-order chi connectivity index (χ1) is 5.54. The van der Waals surface area contributed by atoms with E-state index in [1.807, 2.05) is 0 Å². The molecule has 3 nitrogen and oxygen atoms in total. The number of hydrogen-bond acceptors (Lipinski definition) is 2. The van der Waals surface area contributed by atoms with Gasteiger partial charge in [-0.05, 0) is 6.92 Å². The van der Waals surface area contributed by atoms with Crippen LogP contribution in [-0.2, 0) is 6.18 Å². The Morgan fingerprint density at radius 3 is 2.54 bits per heavy atom. The van der Waals surface area contributed by atoms with Crippen LogP contribution in [0.1, 0.15) is 12.6 Å². The van der Waals surface area contributed by atoms with E-state index in [-0.39, 0.29) is 18.4 Å². The Hall–Kier alpha value is -0.910. The van der Waals surface area contributed by atoms with E-state index in [0.29, 0.717) is 6.54 Å². The van der Waals surface area contributed by atoms with Crippen LogP contribution in [0.25, 0.3) is 0 Å². The predicted molar refractivity (Wildman–Crippen MR) is 45.0 cm³/mol. The fraction of sp³-hybridized carbons (Fsp3) is 0.500. The summed E-state index contributed by atoms with van der Waals surface area (Å²) in [6.45, 7) is 2.31. The zero-order valence-corrected chi connectivity index (χ0v) is 7.59. The minimum atomic E-state index is -4.35. The van der Waals surface area contributed by atoms with Gasteiger partial charge < -0.3 is 10.3 Å². The Bertz CT molecular complexity index is 258. The Kier molecular flexibility index (Phi) is 4.06. The van der Waals surface area contributed by atoms with Crippen LogP contribution in [0.4, 0.5) is 19.1 Å². The van der Waals surface area contributed by atoms with Gasteiger partial charge in [0.05, 0.1) is 6.20 Å². The van der Waals surface area contributed by atoms with Gasteiger partial charge in [0.25, 0.3) is 0 Å². The lowest BCUT2D eigenvalue weighted by molar-refractivity contribution is -0.140. The topological polar surface area (TPSA) is 40.7 Å². The molecule has 0 radical (unpaired) electrons. The summed E-state index contributed by atoms with van der Waals surface area (Å²) < 4.78 is 35.8. The van der Waals surface area contributed by atoms with Crippen LogP contribution in [0.15, 0.2) is 6.20 Å². The van der Waals surface area contributed by atoms with Gasteiger partial charge in [-0.15, -0.1) is 12.4 Å². The standard InChI is InChI=1S/C6H8F3N3.ClH/c1-2-10-5-11-3-4(12-5)6(7,8)9;/h3H,2H2,1H3,(H2,10,11,12);1H. The average Bonchev–Trinajstić information content (AvgIpc) is 2.35. The molecule has 0 aliphatic carbocycles. The van der Waals surface area contributed by atoms with Crippen molar-refractivity contribution < 1.29 is 13.2 Å². The molecular weight excluding hydrogens is 207 g/mol. The van der Waals surface area contributed by atoms with Gasteiger partial charge in [0.2, 0.25) is 5.95 Å². The van der Waals surface area contributed by atoms with Crippen molar-refractivity contribution in [3.8, 4) is 0 Å². The SMILES string of the molecule is CCNc1ncc(C(F)(F)F)[nH]1.Cl. The second kappa shape index (κ2) is 4.36. The van der Waals surface area contributed by atoms with Crippen LogP contribution in [0.5, 0.6) is 0 Å². The third-order valence-electron chi connectivity index (χ3n) is 1.23. The van der Waals surface area contributed by atoms with Gasteiger partial charge >= 0.3 is 6.18 Å². The van der Waals surface area contributed by atoms with Crippen molar-refractivity contribution in [2.45, 2.75) is 13.1 Å². The summed E-state index contributed by atoms with van der Waals surface area (Å²) in [7, 11) is 0. The molecule has 0 aromatic carbocycles. The van der Waals surface area contributed by atoms with Gasteiger partial charge in [-0.3, -0.25) is 0 Å². The fourth-order valence-corrected chi connectivity index (χ4v) is 0.723. The average molecular weight is 216 g/mol. The molecule has 0 saturated heterocycles. The third-order valence-corrected chi connectivity index (χ3v) is 1.23. The molecule has 0 saturated carbocycles. The first kappa shape index (κ1) is 12.1. The van der Waals surface area contributed by atoms with E-state index >= 15 is 0 Å². The summed E-state index contributed by atoms with van der Waals surface area (Å²) in [6.07, 6.45) is -3.58. The molecule has 0 bridgehead atoms. The number of H-pyrrole nitrogens is 1. The first-order valence-corrected chi connectivity index (χ1v) is 3.40. The predicted octanol–water partition coefficient (Wildman–Crippen LogP) is 2.28. The molecule has 7 heteroatoms. The van der Waals surface area contributed by atoms with E-state index in [9.17, 15) is 13.2 Å². The van der Waals surface area contributed by atoms with Crippen LogP contribution in [0, 0.1) is 0 Å². The van der Waals surface area contributed by atoms with E-state index in [2.05, 4.69) is 15.3 Å². The van der Waals surface area contributed by atoms with Crippen molar-refractivity contribution in [1.82, 2.24) is 9.97 Å². The van der Waals surface area contributed by atoms with Gasteiger partial charge in [0, 0.05) is 6.54 Å². The molecule has 0 fully saturated rings. The number of imidazole rings is 1. The van der Waals surface area contributed by atoms with Crippen molar-refractivity contribution in [3.05, 3.63) is 11.9 Å². The van der Waals surface area contributed by atoms with Gasteiger partial charge in [-0.1, -0.05) is 0 Å². The largest absolute Gasteiger partial charge is 0.432 e. The number of aromatic nitrogens is 2. The zero-order chi connectivity index (χ0) is 9.19. The highest BCUT2D eigenvalue weighted by Gasteiger charge is 2.32. The lowest BCUT2D eigenvalue weighted by Gasteiger charge is -2.01. The van der Waals surface area contributed by atoms with Crippen LogP contribution in [0.3, 0.4) is 0 Å². The van der Waals surface area contributed by atoms with Gasteiger partial charge in [-0.2, -0.15) is 13.2 Å². The molecule has 1 heterocycles. The minimum absolute atomic E-state index is 0. The Morgan fingerprint density at radius 1 is 1.54 bits per heavy atom. The molecule has 0 unspecified atom stereocenters. The number of nitrogens with zero attached hydrogens (tertiary/aromatic N) is 1. The summed E-state index contributed by atoms with van der Waals surface area (Å²) in [4.78, 5) is 5.59. The van der Waals surface area contributed by atoms with Gasteiger partial charge in [-0.25, -0.2) is 4.98 Å². The Balaban J connectivity index is 0.00000144. The summed E-state index contributed by atoms with van der Waals surface area (Å²) >= 11 is 0. The number of alkyl halides is 3. The van der Waals surface area contributed by atoms with Crippen molar-refractivity contribution >= 4 is 18.4 Å². The molecule has 13 heavy (non-hydrogen) atoms. The number of halogens is 4. The number of hydrogen-bond donors (Lipinski definition) is 2. The summed E-state index contributed by atoms with van der Waals surface area (Å²) in [5, 5.41) is 2.63. The molecule has 2 N–H and O–H groups in total. The third kappa shape index (κ3) is 3.14. The van der Waals surface area contributed by atoms with Crippen molar-refractivity contribution in [3.63, 3.8) is 0 Å². The van der Waals surface area contributed by atoms with E-state index in [1.54, 1.807) is 6.92 Å². The second-order valence-corrected chi connectivity index (χ2v) is 2.17. The number of anilines is 1. The zero-order valence-electron chi connectivity index (χ0n) is 6.77. The van der Waals surface area contributed by atoms with Crippen molar-refractivity contribution in [1.29, 1.82) is 0 Å². The molecule has 1 rings (SSSR count). The fourth-order valence-electron chi connectivity index (χ4n) is 0.723. The van der Waals surface area contributed by atoms with Crippen LogP contribution < -0.4 is 5.32 Å². The number of nitrogens with one attached hydrogen (secondary N) is 2. The smallest absolute Gasteiger partial charge is 0.356 e. The molecule has 0 aliphatic heterocycles. The van der Waals surface area contributed by atoms with Crippen LogP contribution >= 0.6 is 12.4 Å². The van der Waals surface area contributed by atoms with Crippen LogP contribution in [-0.4, -0.2) is 16.5 Å². The highest BCUT2D eigenvalue weighted by molar-refractivity contribution is 5.85. The molecule has 0 amide bonds. The van der Waals surface area contributed by atoms with E-state index in [1.165, 1.54) is 0 Å². The molecule has 76 valence electrons. The van der Waals surface area contributed by atoms with E-state index in [0.717, 1.165) is 6.20 Å². The molecule has 1 aromatic rings. The monoisotopic (exact) mass is 215 g/mol. The highest BCUT2D eigenvalue weighted by atomic mass is 35.5. The van der Waals surface area contributed by atoms with Crippen LogP contribution in [0.2, 0.25) is 0 Å². The van der Waals surface area contributed by atoms with Crippen molar-refractivity contribution in [2.24, 2.45) is 0 Å². The summed E-state index contributed by atoms with van der Waals surface area (Å²) in [5.74, 6) is 0.143. The molecule has 0 spiro atoms. The Morgan fingerprint density at radius 2 is 2.15 bits per heavy atom. The molecule has 0 atom stereocenters. The number of aromatic amines is 1. The quantitative estimate of drug-likeness (QED) is 0.795. The molecular formula is C6H9ClF3N3. The van der Waals surface area contributed by atoms with E-state index in [4.69, 9.17) is 0 Å². The normalized spacial score (nSPS) is 10.8. The van der Waals surface area contributed by atoms with Gasteiger partial charge in [0.1, 0.15) is 5.69 Å². The summed E-state index contributed by atoms with van der Waals surface area (Å²) in [5.41, 5.74) is -0.835. The van der Waals surface area contributed by atoms with E-state index < -0.39 is 11.9 Å². The maximum Gasteiger partial charge on any atom is 0.432 e. The molecule has 1 aromatic heterocycles.